The summed E-state index contributed by atoms with van der Waals surface area (Å²) in [6, 6.07) is 10.8. The summed E-state index contributed by atoms with van der Waals surface area (Å²) < 4.78 is 2.01. The minimum absolute atomic E-state index is 0.260. The monoisotopic (exact) mass is 417 g/mol. The topological polar surface area (TPSA) is 65.9 Å². The van der Waals surface area contributed by atoms with Crippen molar-refractivity contribution in [1.29, 1.82) is 0 Å². The fourth-order valence-electron chi connectivity index (χ4n) is 5.57. The summed E-state index contributed by atoms with van der Waals surface area (Å²) in [5.41, 5.74) is 2.95. The van der Waals surface area contributed by atoms with Gasteiger partial charge in [-0.2, -0.15) is 10.2 Å². The summed E-state index contributed by atoms with van der Waals surface area (Å²) in [6.45, 7) is 9.44. The summed E-state index contributed by atoms with van der Waals surface area (Å²) in [4.78, 5) is 10.2. The molecule has 0 amide bonds. The normalized spacial score (nSPS) is 23.5. The van der Waals surface area contributed by atoms with Crippen LogP contribution in [0.3, 0.4) is 0 Å². The van der Waals surface area contributed by atoms with Crippen LogP contribution in [0.2, 0.25) is 0 Å². The highest BCUT2D eigenvalue weighted by Crippen LogP contribution is 2.49. The van der Waals surface area contributed by atoms with Crippen molar-refractivity contribution in [2.24, 2.45) is 5.41 Å². The molecule has 1 aliphatic carbocycles. The van der Waals surface area contributed by atoms with Crippen molar-refractivity contribution in [3.63, 3.8) is 0 Å². The molecule has 2 aliphatic heterocycles. The van der Waals surface area contributed by atoms with Gasteiger partial charge in [-0.1, -0.05) is 30.3 Å². The Hall–Kier alpha value is -2.51. The zero-order chi connectivity index (χ0) is 20.8. The summed E-state index contributed by atoms with van der Waals surface area (Å²) in [6.07, 6.45) is 6.68. The van der Waals surface area contributed by atoms with Gasteiger partial charge >= 0.3 is 0 Å². The summed E-state index contributed by atoms with van der Waals surface area (Å²) in [5.74, 6) is 3.16. The van der Waals surface area contributed by atoms with Crippen molar-refractivity contribution < 1.29 is 0 Å². The lowest BCUT2D eigenvalue weighted by Gasteiger charge is -2.50. The molecule has 0 radical (unpaired) electrons. The van der Waals surface area contributed by atoms with E-state index in [0.717, 1.165) is 57.5 Å². The molecule has 3 fully saturated rings. The standard InChI is InChI=1S/C24H31N7/c1-2-31-13-19(10-25-31)12-30-16-24(17-30)15-29(11-18-6-4-3-5-7-18)14-21(24)23-26-22(27-28-23)20-8-9-20/h3-7,10,13,20-21H,2,8-9,11-12,14-17H2,1H3,(H,26,27,28). The molecule has 3 aliphatic rings. The number of aromatic amines is 1. The first-order valence-corrected chi connectivity index (χ1v) is 11.6. The molecular formula is C24H31N7. The van der Waals surface area contributed by atoms with Crippen LogP contribution in [-0.4, -0.2) is 60.9 Å². The van der Waals surface area contributed by atoms with E-state index >= 15 is 0 Å². The number of H-pyrrole nitrogens is 1. The molecule has 4 heterocycles. The second-order valence-electron chi connectivity index (χ2n) is 9.77. The van der Waals surface area contributed by atoms with Gasteiger partial charge in [0.05, 0.1) is 6.20 Å². The van der Waals surface area contributed by atoms with E-state index in [-0.39, 0.29) is 5.41 Å². The number of likely N-dealkylation sites (tertiary alicyclic amines) is 2. The predicted octanol–water partition coefficient (Wildman–Crippen LogP) is 3.00. The number of hydrogen-bond acceptors (Lipinski definition) is 5. The highest BCUT2D eigenvalue weighted by atomic mass is 15.3. The van der Waals surface area contributed by atoms with E-state index in [4.69, 9.17) is 4.98 Å². The third-order valence-electron chi connectivity index (χ3n) is 7.25. The van der Waals surface area contributed by atoms with Gasteiger partial charge in [-0.15, -0.1) is 0 Å². The second kappa shape index (κ2) is 7.57. The van der Waals surface area contributed by atoms with E-state index in [0.29, 0.717) is 11.8 Å². The number of aryl methyl sites for hydroxylation is 1. The first-order chi connectivity index (χ1) is 15.2. The maximum atomic E-state index is 4.97. The Kier molecular flexibility index (Phi) is 4.69. The molecule has 7 nitrogen and oxygen atoms in total. The van der Waals surface area contributed by atoms with Gasteiger partial charge in [0.2, 0.25) is 0 Å². The second-order valence-corrected chi connectivity index (χ2v) is 9.77. The lowest BCUT2D eigenvalue weighted by atomic mass is 9.71. The van der Waals surface area contributed by atoms with Crippen molar-refractivity contribution in [2.75, 3.05) is 26.2 Å². The largest absolute Gasteiger partial charge is 0.298 e. The smallest absolute Gasteiger partial charge is 0.153 e. The fourth-order valence-corrected chi connectivity index (χ4v) is 5.57. The van der Waals surface area contributed by atoms with Crippen LogP contribution >= 0.6 is 0 Å². The summed E-state index contributed by atoms with van der Waals surface area (Å²) >= 11 is 0. The number of benzene rings is 1. The van der Waals surface area contributed by atoms with E-state index < -0.39 is 0 Å². The van der Waals surface area contributed by atoms with E-state index in [9.17, 15) is 0 Å². The summed E-state index contributed by atoms with van der Waals surface area (Å²) in [7, 11) is 0. The molecule has 2 saturated heterocycles. The quantitative estimate of drug-likeness (QED) is 0.640. The molecule has 1 unspecified atom stereocenters. The molecule has 31 heavy (non-hydrogen) atoms. The van der Waals surface area contributed by atoms with Crippen molar-refractivity contribution in [3.8, 4) is 0 Å². The van der Waals surface area contributed by atoms with Gasteiger partial charge in [0.15, 0.2) is 5.82 Å². The predicted molar refractivity (Wildman–Crippen MR) is 118 cm³/mol. The lowest BCUT2D eigenvalue weighted by Crippen LogP contribution is -2.59. The van der Waals surface area contributed by atoms with Crippen molar-refractivity contribution in [1.82, 2.24) is 34.8 Å². The maximum absolute atomic E-state index is 4.97. The molecule has 1 N–H and O–H groups in total. The molecule has 1 spiro atoms. The van der Waals surface area contributed by atoms with Crippen molar-refractivity contribution in [3.05, 3.63) is 65.5 Å². The first-order valence-electron chi connectivity index (χ1n) is 11.6. The van der Waals surface area contributed by atoms with Crippen LogP contribution in [0, 0.1) is 5.41 Å². The molecular weight excluding hydrogens is 386 g/mol. The van der Waals surface area contributed by atoms with Crippen molar-refractivity contribution in [2.45, 2.75) is 51.2 Å². The van der Waals surface area contributed by atoms with E-state index in [1.807, 2.05) is 10.9 Å². The average Bonchev–Trinajstić information content (AvgIpc) is 3.16. The van der Waals surface area contributed by atoms with E-state index in [2.05, 4.69) is 68.5 Å². The SMILES string of the molecule is CCn1cc(CN2CC3(CN(Cc4ccccc4)CC3c3nc(C4CC4)n[nH]3)C2)cn1. The van der Waals surface area contributed by atoms with Crippen LogP contribution in [-0.2, 0) is 19.6 Å². The minimum Gasteiger partial charge on any atom is -0.298 e. The highest BCUT2D eigenvalue weighted by molar-refractivity contribution is 5.21. The Morgan fingerprint density at radius 1 is 1.03 bits per heavy atom. The number of nitrogens with one attached hydrogen (secondary N) is 1. The maximum Gasteiger partial charge on any atom is 0.153 e. The zero-order valence-electron chi connectivity index (χ0n) is 18.2. The number of aromatic nitrogens is 5. The molecule has 1 saturated carbocycles. The molecule has 1 atom stereocenters. The van der Waals surface area contributed by atoms with Gasteiger partial charge in [-0.05, 0) is 25.3 Å². The van der Waals surface area contributed by atoms with Crippen LogP contribution in [0.4, 0.5) is 0 Å². The Bertz CT molecular complexity index is 1030. The van der Waals surface area contributed by atoms with Crippen LogP contribution < -0.4 is 0 Å². The molecule has 0 bridgehead atoms. The third kappa shape index (κ3) is 3.70. The van der Waals surface area contributed by atoms with Gasteiger partial charge in [0.25, 0.3) is 0 Å². The van der Waals surface area contributed by atoms with Gasteiger partial charge in [-0.3, -0.25) is 19.6 Å². The van der Waals surface area contributed by atoms with Crippen LogP contribution in [0.25, 0.3) is 0 Å². The number of hydrogen-bond donors (Lipinski definition) is 1. The Labute approximate surface area is 183 Å². The van der Waals surface area contributed by atoms with Crippen molar-refractivity contribution >= 4 is 0 Å². The summed E-state index contributed by atoms with van der Waals surface area (Å²) in [5, 5.41) is 12.3. The van der Waals surface area contributed by atoms with E-state index in [1.54, 1.807) is 0 Å². The van der Waals surface area contributed by atoms with Gasteiger partial charge in [-0.25, -0.2) is 4.98 Å². The molecule has 3 aromatic rings. The Morgan fingerprint density at radius 3 is 2.55 bits per heavy atom. The van der Waals surface area contributed by atoms with Gasteiger partial charge in [0, 0.05) is 74.8 Å². The molecule has 7 heteroatoms. The fraction of sp³-hybridized carbons (Fsp3) is 0.542. The average molecular weight is 418 g/mol. The molecule has 162 valence electrons. The van der Waals surface area contributed by atoms with Gasteiger partial charge in [0.1, 0.15) is 5.82 Å². The van der Waals surface area contributed by atoms with Crippen LogP contribution in [0.5, 0.6) is 0 Å². The third-order valence-corrected chi connectivity index (χ3v) is 7.25. The molecule has 2 aromatic heterocycles. The van der Waals surface area contributed by atoms with Gasteiger partial charge < -0.3 is 0 Å². The Balaban J connectivity index is 1.19. The molecule has 6 rings (SSSR count). The van der Waals surface area contributed by atoms with E-state index in [1.165, 1.54) is 24.0 Å². The lowest BCUT2D eigenvalue weighted by molar-refractivity contribution is -0.0111. The minimum atomic E-state index is 0.260. The Morgan fingerprint density at radius 2 is 1.81 bits per heavy atom. The highest BCUT2D eigenvalue weighted by Gasteiger charge is 2.55. The van der Waals surface area contributed by atoms with Crippen LogP contribution in [0.15, 0.2) is 42.7 Å². The number of nitrogens with zero attached hydrogens (tertiary/aromatic N) is 6. The molecule has 1 aromatic carbocycles. The first kappa shape index (κ1) is 19.2. The zero-order valence-corrected chi connectivity index (χ0v) is 18.2. The number of rotatable bonds is 7. The van der Waals surface area contributed by atoms with Crippen LogP contribution in [0.1, 0.15) is 54.4 Å².